The molecule has 1 saturated heterocycles. The number of carbonyl (C=O) groups excluding carboxylic acids is 1. The fraction of sp³-hybridized carbons (Fsp3) is 0.300. The molecule has 8 nitrogen and oxygen atoms in total. The monoisotopic (exact) mass is 412 g/mol. The molecule has 3 heterocycles. The number of benzene rings is 1. The molecule has 1 fully saturated rings. The number of hydrogen-bond acceptors (Lipinski definition) is 6. The SMILES string of the molecule is CC(Oc1ccccc1Cl)C(=O)N1CCN(c2ccc(-n3ccnc3)nn2)CC1. The van der Waals surface area contributed by atoms with Crippen LogP contribution in [-0.4, -0.2) is 62.8 Å². The molecule has 3 aromatic rings. The number of para-hydroxylation sites is 1. The average molecular weight is 413 g/mol. The number of aromatic nitrogens is 4. The molecule has 29 heavy (non-hydrogen) atoms. The Balaban J connectivity index is 1.33. The van der Waals surface area contributed by atoms with Crippen molar-refractivity contribution in [3.63, 3.8) is 0 Å². The van der Waals surface area contributed by atoms with E-state index in [9.17, 15) is 4.79 Å². The van der Waals surface area contributed by atoms with Crippen molar-refractivity contribution in [2.24, 2.45) is 0 Å². The van der Waals surface area contributed by atoms with Crippen LogP contribution in [0.3, 0.4) is 0 Å². The van der Waals surface area contributed by atoms with Crippen LogP contribution in [0.1, 0.15) is 6.92 Å². The molecular formula is C20H21ClN6O2. The highest BCUT2D eigenvalue weighted by molar-refractivity contribution is 6.32. The van der Waals surface area contributed by atoms with Gasteiger partial charge < -0.3 is 14.5 Å². The zero-order valence-corrected chi connectivity index (χ0v) is 16.7. The first-order valence-corrected chi connectivity index (χ1v) is 9.76. The van der Waals surface area contributed by atoms with Crippen molar-refractivity contribution in [3.8, 4) is 11.6 Å². The molecule has 0 saturated carbocycles. The molecule has 4 rings (SSSR count). The van der Waals surface area contributed by atoms with Gasteiger partial charge in [0.15, 0.2) is 17.7 Å². The third-order valence-electron chi connectivity index (χ3n) is 4.81. The quantitative estimate of drug-likeness (QED) is 0.640. The second kappa shape index (κ2) is 8.48. The van der Waals surface area contributed by atoms with Crippen LogP contribution in [0.5, 0.6) is 5.75 Å². The van der Waals surface area contributed by atoms with E-state index in [4.69, 9.17) is 16.3 Å². The van der Waals surface area contributed by atoms with Gasteiger partial charge in [-0.05, 0) is 31.2 Å². The highest BCUT2D eigenvalue weighted by atomic mass is 35.5. The Bertz CT molecular complexity index is 955. The van der Waals surface area contributed by atoms with Crippen LogP contribution in [0.25, 0.3) is 5.82 Å². The summed E-state index contributed by atoms with van der Waals surface area (Å²) in [4.78, 5) is 20.7. The van der Waals surface area contributed by atoms with Crippen LogP contribution in [0.2, 0.25) is 5.02 Å². The Hall–Kier alpha value is -3.13. The van der Waals surface area contributed by atoms with E-state index in [1.54, 1.807) is 36.1 Å². The molecule has 2 aromatic heterocycles. The van der Waals surface area contributed by atoms with Gasteiger partial charge in [-0.3, -0.25) is 9.36 Å². The minimum absolute atomic E-state index is 0.0499. The van der Waals surface area contributed by atoms with Crippen LogP contribution in [0, 0.1) is 0 Å². The zero-order chi connectivity index (χ0) is 20.2. The Morgan fingerprint density at radius 3 is 2.45 bits per heavy atom. The second-order valence-corrected chi connectivity index (χ2v) is 7.13. The van der Waals surface area contributed by atoms with E-state index in [0.717, 1.165) is 5.82 Å². The number of anilines is 1. The van der Waals surface area contributed by atoms with Gasteiger partial charge in [0.05, 0.1) is 5.02 Å². The lowest BCUT2D eigenvalue weighted by atomic mass is 10.2. The summed E-state index contributed by atoms with van der Waals surface area (Å²) >= 11 is 6.12. The summed E-state index contributed by atoms with van der Waals surface area (Å²) in [5, 5.41) is 9.06. The molecule has 1 unspecified atom stereocenters. The predicted octanol–water partition coefficient (Wildman–Crippen LogP) is 2.43. The van der Waals surface area contributed by atoms with Gasteiger partial charge in [-0.15, -0.1) is 10.2 Å². The fourth-order valence-electron chi connectivity index (χ4n) is 3.21. The van der Waals surface area contributed by atoms with Crippen molar-refractivity contribution < 1.29 is 9.53 Å². The Labute approximate surface area is 173 Å². The lowest BCUT2D eigenvalue weighted by molar-refractivity contribution is -0.138. The van der Waals surface area contributed by atoms with Crippen molar-refractivity contribution in [2.45, 2.75) is 13.0 Å². The van der Waals surface area contributed by atoms with Gasteiger partial charge in [0.1, 0.15) is 12.1 Å². The molecule has 9 heteroatoms. The largest absolute Gasteiger partial charge is 0.479 e. The topological polar surface area (TPSA) is 76.4 Å². The van der Waals surface area contributed by atoms with E-state index in [1.807, 2.05) is 35.4 Å². The summed E-state index contributed by atoms with van der Waals surface area (Å²) in [5.41, 5.74) is 0. The summed E-state index contributed by atoms with van der Waals surface area (Å²) in [6, 6.07) is 11.0. The van der Waals surface area contributed by atoms with E-state index in [-0.39, 0.29) is 5.91 Å². The predicted molar refractivity (Wildman–Crippen MR) is 109 cm³/mol. The number of carbonyl (C=O) groups is 1. The highest BCUT2D eigenvalue weighted by Crippen LogP contribution is 2.24. The van der Waals surface area contributed by atoms with Gasteiger partial charge in [0.25, 0.3) is 5.91 Å². The summed E-state index contributed by atoms with van der Waals surface area (Å²) in [5.74, 6) is 1.97. The van der Waals surface area contributed by atoms with Crippen molar-refractivity contribution in [2.75, 3.05) is 31.1 Å². The fourth-order valence-corrected chi connectivity index (χ4v) is 3.39. The number of ether oxygens (including phenoxy) is 1. The van der Waals surface area contributed by atoms with Crippen molar-refractivity contribution in [1.29, 1.82) is 0 Å². The molecule has 0 aliphatic carbocycles. The molecule has 1 atom stereocenters. The molecule has 0 spiro atoms. The average Bonchev–Trinajstić information content (AvgIpc) is 3.30. The summed E-state index contributed by atoms with van der Waals surface area (Å²) in [6.07, 6.45) is 4.60. The molecular weight excluding hydrogens is 392 g/mol. The highest BCUT2D eigenvalue weighted by Gasteiger charge is 2.27. The maximum atomic E-state index is 12.7. The van der Waals surface area contributed by atoms with Crippen LogP contribution in [-0.2, 0) is 4.79 Å². The number of imidazole rings is 1. The number of halogens is 1. The van der Waals surface area contributed by atoms with Crippen molar-refractivity contribution >= 4 is 23.3 Å². The summed E-state index contributed by atoms with van der Waals surface area (Å²) in [6.45, 7) is 4.31. The zero-order valence-electron chi connectivity index (χ0n) is 16.0. The molecule has 1 aliphatic rings. The number of piperazine rings is 1. The minimum Gasteiger partial charge on any atom is -0.479 e. The lowest BCUT2D eigenvalue weighted by Gasteiger charge is -2.36. The third kappa shape index (κ3) is 4.32. The van der Waals surface area contributed by atoms with Gasteiger partial charge in [0.2, 0.25) is 0 Å². The third-order valence-corrected chi connectivity index (χ3v) is 5.12. The van der Waals surface area contributed by atoms with Gasteiger partial charge >= 0.3 is 0 Å². The van der Waals surface area contributed by atoms with E-state index in [1.165, 1.54) is 0 Å². The van der Waals surface area contributed by atoms with E-state index < -0.39 is 6.10 Å². The Morgan fingerprint density at radius 1 is 1.07 bits per heavy atom. The first-order chi connectivity index (χ1) is 14.1. The smallest absolute Gasteiger partial charge is 0.263 e. The molecule has 0 bridgehead atoms. The van der Waals surface area contributed by atoms with Crippen LogP contribution >= 0.6 is 11.6 Å². The van der Waals surface area contributed by atoms with Crippen molar-refractivity contribution in [3.05, 3.63) is 60.1 Å². The molecule has 0 radical (unpaired) electrons. The van der Waals surface area contributed by atoms with E-state index in [0.29, 0.717) is 42.8 Å². The number of amides is 1. The lowest BCUT2D eigenvalue weighted by Crippen LogP contribution is -2.52. The van der Waals surface area contributed by atoms with Crippen LogP contribution < -0.4 is 9.64 Å². The number of nitrogens with zero attached hydrogens (tertiary/aromatic N) is 6. The minimum atomic E-state index is -0.601. The van der Waals surface area contributed by atoms with Crippen LogP contribution in [0.4, 0.5) is 5.82 Å². The van der Waals surface area contributed by atoms with Crippen LogP contribution in [0.15, 0.2) is 55.1 Å². The van der Waals surface area contributed by atoms with E-state index in [2.05, 4.69) is 20.1 Å². The van der Waals surface area contributed by atoms with Gasteiger partial charge in [0, 0.05) is 38.6 Å². The normalized spacial score (nSPS) is 15.2. The standard InChI is InChI=1S/C20H21ClN6O2/c1-15(29-17-5-3-2-4-16(17)21)20(28)26-12-10-25(11-13-26)18-6-7-19(24-23-18)27-9-8-22-14-27/h2-9,14-15H,10-13H2,1H3. The van der Waals surface area contributed by atoms with Gasteiger partial charge in [-0.1, -0.05) is 23.7 Å². The van der Waals surface area contributed by atoms with Gasteiger partial charge in [-0.2, -0.15) is 0 Å². The molecule has 150 valence electrons. The summed E-state index contributed by atoms with van der Waals surface area (Å²) in [7, 11) is 0. The maximum Gasteiger partial charge on any atom is 0.263 e. The maximum absolute atomic E-state index is 12.7. The Morgan fingerprint density at radius 2 is 1.79 bits per heavy atom. The summed E-state index contributed by atoms with van der Waals surface area (Å²) < 4.78 is 7.55. The molecule has 1 amide bonds. The van der Waals surface area contributed by atoms with Crippen molar-refractivity contribution in [1.82, 2.24) is 24.6 Å². The first-order valence-electron chi connectivity index (χ1n) is 9.39. The first kappa shape index (κ1) is 19.2. The molecule has 1 aliphatic heterocycles. The van der Waals surface area contributed by atoms with E-state index >= 15 is 0 Å². The molecule has 0 N–H and O–H groups in total. The number of hydrogen-bond donors (Lipinski definition) is 0. The second-order valence-electron chi connectivity index (χ2n) is 6.72. The van der Waals surface area contributed by atoms with Gasteiger partial charge in [-0.25, -0.2) is 4.98 Å². The number of rotatable bonds is 5. The molecule has 1 aromatic carbocycles. The Kier molecular flexibility index (Phi) is 5.62.